The summed E-state index contributed by atoms with van der Waals surface area (Å²) in [4.78, 5) is 2.33. The van der Waals surface area contributed by atoms with Crippen LogP contribution >= 0.6 is 0 Å². The van der Waals surface area contributed by atoms with Gasteiger partial charge in [-0.05, 0) is 49.6 Å². The van der Waals surface area contributed by atoms with Crippen LogP contribution in [0.4, 0.5) is 10.1 Å². The van der Waals surface area contributed by atoms with E-state index in [1.54, 1.807) is 6.07 Å². The number of ether oxygens (including phenoxy) is 1. The molecule has 0 aliphatic carbocycles. The minimum Gasteiger partial charge on any atom is -0.371 e. The monoisotopic (exact) mass is 250 g/mol. The Morgan fingerprint density at radius 3 is 2.67 bits per heavy atom. The van der Waals surface area contributed by atoms with Crippen LogP contribution in [0.2, 0.25) is 0 Å². The number of rotatable bonds is 3. The Kier molecular flexibility index (Phi) is 3.22. The van der Waals surface area contributed by atoms with Gasteiger partial charge in [0.1, 0.15) is 5.82 Å². The van der Waals surface area contributed by atoms with Gasteiger partial charge in [0.05, 0.1) is 12.2 Å². The molecule has 3 rings (SSSR count). The summed E-state index contributed by atoms with van der Waals surface area (Å²) in [6, 6.07) is 5.03. The minimum atomic E-state index is -0.182. The number of halogens is 1. The fourth-order valence-electron chi connectivity index (χ4n) is 3.03. The van der Waals surface area contributed by atoms with Crippen molar-refractivity contribution in [1.82, 2.24) is 0 Å². The number of fused-ring (bicyclic) bond motifs is 2. The van der Waals surface area contributed by atoms with Crippen molar-refractivity contribution >= 4 is 5.69 Å². The summed E-state index contributed by atoms with van der Waals surface area (Å²) < 4.78 is 19.2. The third-order valence-electron chi connectivity index (χ3n) is 3.84. The zero-order valence-corrected chi connectivity index (χ0v) is 10.4. The molecule has 2 aliphatic rings. The highest BCUT2D eigenvalue weighted by molar-refractivity contribution is 5.54. The summed E-state index contributed by atoms with van der Waals surface area (Å²) in [6.07, 6.45) is 3.71. The Balaban J connectivity index is 1.86. The predicted octanol–water partition coefficient (Wildman–Crippen LogP) is 1.69. The average molecular weight is 250 g/mol. The quantitative estimate of drug-likeness (QED) is 0.887. The normalized spacial score (nSPS) is 26.7. The Morgan fingerprint density at radius 2 is 2.00 bits per heavy atom. The molecule has 0 spiro atoms. The van der Waals surface area contributed by atoms with Crippen LogP contribution in [0.25, 0.3) is 0 Å². The molecule has 0 amide bonds. The van der Waals surface area contributed by atoms with Gasteiger partial charge in [-0.3, -0.25) is 0 Å². The largest absolute Gasteiger partial charge is 0.371 e. The maximum absolute atomic E-state index is 13.3. The van der Waals surface area contributed by atoms with Crippen molar-refractivity contribution < 1.29 is 9.13 Å². The third kappa shape index (κ3) is 2.22. The maximum Gasteiger partial charge on any atom is 0.123 e. The SMILES string of the molecule is NCCc1cc(F)ccc1N1CC2CCC(C1)O2. The molecule has 2 unspecified atom stereocenters. The lowest BCUT2D eigenvalue weighted by Crippen LogP contribution is -2.43. The highest BCUT2D eigenvalue weighted by Crippen LogP contribution is 2.31. The summed E-state index contributed by atoms with van der Waals surface area (Å²) >= 11 is 0. The summed E-state index contributed by atoms with van der Waals surface area (Å²) in [6.45, 7) is 2.38. The number of nitrogens with zero attached hydrogens (tertiary/aromatic N) is 1. The van der Waals surface area contributed by atoms with Crippen LogP contribution in [0.5, 0.6) is 0 Å². The number of benzene rings is 1. The van der Waals surface area contributed by atoms with Gasteiger partial charge in [-0.15, -0.1) is 0 Å². The zero-order valence-electron chi connectivity index (χ0n) is 10.4. The fraction of sp³-hybridized carbons (Fsp3) is 0.571. The summed E-state index contributed by atoms with van der Waals surface area (Å²) in [5.41, 5.74) is 7.75. The van der Waals surface area contributed by atoms with E-state index in [1.165, 1.54) is 6.07 Å². The second-order valence-corrected chi connectivity index (χ2v) is 5.17. The number of hydrogen-bond acceptors (Lipinski definition) is 3. The molecule has 4 heteroatoms. The molecule has 1 aromatic carbocycles. The Hall–Kier alpha value is -1.13. The van der Waals surface area contributed by atoms with E-state index in [0.717, 1.165) is 43.6 Å². The fourth-order valence-corrected chi connectivity index (χ4v) is 3.03. The first kappa shape index (κ1) is 11.9. The van der Waals surface area contributed by atoms with Crippen molar-refractivity contribution in [2.24, 2.45) is 5.73 Å². The van der Waals surface area contributed by atoms with Gasteiger partial charge in [-0.2, -0.15) is 0 Å². The number of hydrogen-bond donors (Lipinski definition) is 1. The van der Waals surface area contributed by atoms with Crippen molar-refractivity contribution in [3.63, 3.8) is 0 Å². The molecule has 2 saturated heterocycles. The second kappa shape index (κ2) is 4.86. The molecule has 1 aromatic rings. The van der Waals surface area contributed by atoms with E-state index in [2.05, 4.69) is 4.90 Å². The molecule has 2 N–H and O–H groups in total. The number of anilines is 1. The van der Waals surface area contributed by atoms with E-state index in [0.29, 0.717) is 18.8 Å². The highest BCUT2D eigenvalue weighted by Gasteiger charge is 2.34. The summed E-state index contributed by atoms with van der Waals surface area (Å²) in [7, 11) is 0. The van der Waals surface area contributed by atoms with Gasteiger partial charge in [0.25, 0.3) is 0 Å². The van der Waals surface area contributed by atoms with Crippen LogP contribution in [0.3, 0.4) is 0 Å². The van der Waals surface area contributed by atoms with Gasteiger partial charge < -0.3 is 15.4 Å². The van der Waals surface area contributed by atoms with E-state index in [1.807, 2.05) is 6.07 Å². The van der Waals surface area contributed by atoms with E-state index in [-0.39, 0.29) is 5.82 Å². The van der Waals surface area contributed by atoms with Gasteiger partial charge >= 0.3 is 0 Å². The van der Waals surface area contributed by atoms with E-state index in [9.17, 15) is 4.39 Å². The van der Waals surface area contributed by atoms with E-state index < -0.39 is 0 Å². The first-order valence-electron chi connectivity index (χ1n) is 6.65. The van der Waals surface area contributed by atoms with Crippen molar-refractivity contribution in [2.45, 2.75) is 31.5 Å². The van der Waals surface area contributed by atoms with Crippen LogP contribution < -0.4 is 10.6 Å². The number of nitrogens with two attached hydrogens (primary N) is 1. The zero-order chi connectivity index (χ0) is 12.5. The van der Waals surface area contributed by atoms with Crippen molar-refractivity contribution in [1.29, 1.82) is 0 Å². The molecule has 3 nitrogen and oxygen atoms in total. The molecule has 2 aliphatic heterocycles. The Labute approximate surface area is 107 Å². The summed E-state index contributed by atoms with van der Waals surface area (Å²) in [5.74, 6) is -0.182. The van der Waals surface area contributed by atoms with E-state index in [4.69, 9.17) is 10.5 Å². The molecule has 2 bridgehead atoms. The van der Waals surface area contributed by atoms with Gasteiger partial charge in [-0.1, -0.05) is 0 Å². The first-order valence-corrected chi connectivity index (χ1v) is 6.65. The molecule has 18 heavy (non-hydrogen) atoms. The first-order chi connectivity index (χ1) is 8.76. The van der Waals surface area contributed by atoms with Crippen LogP contribution in [0.1, 0.15) is 18.4 Å². The molecular weight excluding hydrogens is 231 g/mol. The maximum atomic E-state index is 13.3. The molecule has 2 heterocycles. The minimum absolute atomic E-state index is 0.182. The molecule has 98 valence electrons. The third-order valence-corrected chi connectivity index (χ3v) is 3.84. The molecule has 0 aromatic heterocycles. The standard InChI is InChI=1S/C14H19FN2O/c15-11-1-4-14(10(7-11)5-6-16)17-8-12-2-3-13(9-17)18-12/h1,4,7,12-13H,2-3,5-6,8-9,16H2. The highest BCUT2D eigenvalue weighted by atomic mass is 19.1. The molecule has 2 atom stereocenters. The van der Waals surface area contributed by atoms with Crippen molar-refractivity contribution in [3.05, 3.63) is 29.6 Å². The smallest absolute Gasteiger partial charge is 0.123 e. The van der Waals surface area contributed by atoms with Gasteiger partial charge in [0, 0.05) is 18.8 Å². The van der Waals surface area contributed by atoms with Crippen LogP contribution in [0.15, 0.2) is 18.2 Å². The van der Waals surface area contributed by atoms with Crippen molar-refractivity contribution in [3.8, 4) is 0 Å². The molecule has 2 fully saturated rings. The van der Waals surface area contributed by atoms with Gasteiger partial charge in [0.15, 0.2) is 0 Å². The Morgan fingerprint density at radius 1 is 1.28 bits per heavy atom. The lowest BCUT2D eigenvalue weighted by molar-refractivity contribution is 0.0304. The molecular formula is C14H19FN2O. The van der Waals surface area contributed by atoms with Gasteiger partial charge in [-0.25, -0.2) is 4.39 Å². The molecule has 0 radical (unpaired) electrons. The van der Waals surface area contributed by atoms with Crippen LogP contribution in [0, 0.1) is 5.82 Å². The van der Waals surface area contributed by atoms with Gasteiger partial charge in [0.2, 0.25) is 0 Å². The van der Waals surface area contributed by atoms with Crippen molar-refractivity contribution in [2.75, 3.05) is 24.5 Å². The van der Waals surface area contributed by atoms with Crippen LogP contribution in [-0.4, -0.2) is 31.8 Å². The predicted molar refractivity (Wildman–Crippen MR) is 69.3 cm³/mol. The lowest BCUT2D eigenvalue weighted by atomic mass is 10.1. The number of morpholine rings is 1. The Bertz CT molecular complexity index is 426. The lowest BCUT2D eigenvalue weighted by Gasteiger charge is -2.35. The summed E-state index contributed by atoms with van der Waals surface area (Å²) in [5, 5.41) is 0. The average Bonchev–Trinajstić information content (AvgIpc) is 2.69. The topological polar surface area (TPSA) is 38.5 Å². The second-order valence-electron chi connectivity index (χ2n) is 5.17. The van der Waals surface area contributed by atoms with Crippen LogP contribution in [-0.2, 0) is 11.2 Å². The molecule has 0 saturated carbocycles. The van der Waals surface area contributed by atoms with E-state index >= 15 is 0 Å².